The summed E-state index contributed by atoms with van der Waals surface area (Å²) in [6.07, 6.45) is 4.40. The van der Waals surface area contributed by atoms with Crippen LogP contribution in [0, 0.1) is 0 Å². The van der Waals surface area contributed by atoms with Gasteiger partial charge in [-0.05, 0) is 26.3 Å². The Bertz CT molecular complexity index is 233. The van der Waals surface area contributed by atoms with Crippen molar-refractivity contribution in [2.24, 2.45) is 0 Å². The van der Waals surface area contributed by atoms with Gasteiger partial charge in [0.25, 0.3) is 0 Å². The van der Waals surface area contributed by atoms with E-state index in [9.17, 15) is 0 Å². The lowest BCUT2D eigenvalue weighted by Gasteiger charge is -2.26. The molecule has 0 saturated carbocycles. The molecule has 0 bridgehead atoms. The average Bonchev–Trinajstić information content (AvgIpc) is 2.56. The summed E-state index contributed by atoms with van der Waals surface area (Å²) in [6, 6.07) is 0.660. The fraction of sp³-hybridized carbons (Fsp3) is 0.667. The SMILES string of the molecule is CC1CC(c2nccs2)CCN1. The first kappa shape index (κ1) is 8.20. The topological polar surface area (TPSA) is 24.9 Å². The third kappa shape index (κ3) is 1.67. The zero-order valence-corrected chi connectivity index (χ0v) is 8.10. The fourth-order valence-electron chi connectivity index (χ4n) is 1.79. The molecule has 0 aromatic carbocycles. The van der Waals surface area contributed by atoms with Crippen molar-refractivity contribution in [2.45, 2.75) is 31.7 Å². The molecule has 1 aromatic heterocycles. The lowest BCUT2D eigenvalue weighted by atomic mass is 9.94. The first-order chi connectivity index (χ1) is 5.86. The molecule has 0 amide bonds. The highest BCUT2D eigenvalue weighted by atomic mass is 32.1. The minimum absolute atomic E-state index is 0.660. The average molecular weight is 182 g/mol. The molecule has 1 N–H and O–H groups in total. The van der Waals surface area contributed by atoms with Gasteiger partial charge in [-0.25, -0.2) is 4.98 Å². The van der Waals surface area contributed by atoms with E-state index >= 15 is 0 Å². The summed E-state index contributed by atoms with van der Waals surface area (Å²) >= 11 is 1.79. The lowest BCUT2D eigenvalue weighted by molar-refractivity contribution is 0.380. The Morgan fingerprint density at radius 1 is 1.67 bits per heavy atom. The maximum atomic E-state index is 4.37. The summed E-state index contributed by atoms with van der Waals surface area (Å²) in [5, 5.41) is 6.84. The number of hydrogen-bond acceptors (Lipinski definition) is 3. The number of piperidine rings is 1. The zero-order valence-electron chi connectivity index (χ0n) is 7.29. The van der Waals surface area contributed by atoms with E-state index in [-0.39, 0.29) is 0 Å². The number of hydrogen-bond donors (Lipinski definition) is 1. The molecule has 1 fully saturated rings. The summed E-state index contributed by atoms with van der Waals surface area (Å²) in [5.74, 6) is 0.709. The third-order valence-corrected chi connectivity index (χ3v) is 3.36. The van der Waals surface area contributed by atoms with Crippen LogP contribution in [0.15, 0.2) is 11.6 Å². The van der Waals surface area contributed by atoms with Gasteiger partial charge in [-0.2, -0.15) is 0 Å². The van der Waals surface area contributed by atoms with Crippen molar-refractivity contribution in [2.75, 3.05) is 6.54 Å². The van der Waals surface area contributed by atoms with Crippen LogP contribution in [0.5, 0.6) is 0 Å². The second-order valence-electron chi connectivity index (χ2n) is 3.45. The quantitative estimate of drug-likeness (QED) is 0.718. The number of thiazole rings is 1. The van der Waals surface area contributed by atoms with E-state index in [1.807, 2.05) is 6.20 Å². The molecule has 66 valence electrons. The van der Waals surface area contributed by atoms with Gasteiger partial charge < -0.3 is 5.32 Å². The minimum Gasteiger partial charge on any atom is -0.314 e. The molecule has 1 saturated heterocycles. The first-order valence-electron chi connectivity index (χ1n) is 4.49. The molecule has 0 spiro atoms. The maximum absolute atomic E-state index is 4.37. The van der Waals surface area contributed by atoms with Crippen molar-refractivity contribution < 1.29 is 0 Å². The van der Waals surface area contributed by atoms with Crippen molar-refractivity contribution >= 4 is 11.3 Å². The third-order valence-electron chi connectivity index (χ3n) is 2.42. The summed E-state index contributed by atoms with van der Waals surface area (Å²) in [7, 11) is 0. The van der Waals surface area contributed by atoms with Gasteiger partial charge in [-0.3, -0.25) is 0 Å². The second kappa shape index (κ2) is 3.54. The Labute approximate surface area is 77.0 Å². The van der Waals surface area contributed by atoms with Gasteiger partial charge in [0.05, 0.1) is 5.01 Å². The highest BCUT2D eigenvalue weighted by Crippen LogP contribution is 2.28. The first-order valence-corrected chi connectivity index (χ1v) is 5.37. The van der Waals surface area contributed by atoms with E-state index in [2.05, 4.69) is 22.6 Å². The molecule has 2 rings (SSSR count). The van der Waals surface area contributed by atoms with E-state index < -0.39 is 0 Å². The molecule has 12 heavy (non-hydrogen) atoms. The molecule has 1 aliphatic heterocycles. The Morgan fingerprint density at radius 3 is 3.25 bits per heavy atom. The van der Waals surface area contributed by atoms with Crippen LogP contribution in [0.25, 0.3) is 0 Å². The molecule has 2 atom stereocenters. The molecule has 2 heterocycles. The molecular weight excluding hydrogens is 168 g/mol. The Morgan fingerprint density at radius 2 is 2.58 bits per heavy atom. The van der Waals surface area contributed by atoms with Gasteiger partial charge >= 0.3 is 0 Å². The monoisotopic (exact) mass is 182 g/mol. The number of rotatable bonds is 1. The predicted molar refractivity (Wildman–Crippen MR) is 51.6 cm³/mol. The van der Waals surface area contributed by atoms with Crippen LogP contribution >= 0.6 is 11.3 Å². The van der Waals surface area contributed by atoms with Crippen LogP contribution in [-0.2, 0) is 0 Å². The van der Waals surface area contributed by atoms with Crippen LogP contribution in [0.2, 0.25) is 0 Å². The zero-order chi connectivity index (χ0) is 8.39. The molecule has 0 aliphatic carbocycles. The molecule has 2 unspecified atom stereocenters. The normalized spacial score (nSPS) is 30.4. The largest absolute Gasteiger partial charge is 0.314 e. The molecule has 1 aromatic rings. The molecule has 2 nitrogen and oxygen atoms in total. The molecule has 1 aliphatic rings. The maximum Gasteiger partial charge on any atom is 0.0956 e. The van der Waals surface area contributed by atoms with E-state index in [1.165, 1.54) is 17.8 Å². The Balaban J connectivity index is 2.04. The molecule has 3 heteroatoms. The standard InChI is InChI=1S/C9H14N2S/c1-7-6-8(2-3-10-7)9-11-4-5-12-9/h4-5,7-8,10H,2-3,6H2,1H3. The molecule has 0 radical (unpaired) electrons. The Hall–Kier alpha value is -0.410. The van der Waals surface area contributed by atoms with Crippen molar-refractivity contribution in [3.63, 3.8) is 0 Å². The van der Waals surface area contributed by atoms with Crippen LogP contribution in [-0.4, -0.2) is 17.6 Å². The summed E-state index contributed by atoms with van der Waals surface area (Å²) in [6.45, 7) is 3.39. The van der Waals surface area contributed by atoms with Crippen LogP contribution < -0.4 is 5.32 Å². The number of aromatic nitrogens is 1. The highest BCUT2D eigenvalue weighted by Gasteiger charge is 2.21. The number of nitrogens with one attached hydrogen (secondary N) is 1. The summed E-state index contributed by atoms with van der Waals surface area (Å²) in [4.78, 5) is 4.37. The molecular formula is C9H14N2S. The van der Waals surface area contributed by atoms with Crippen molar-refractivity contribution in [3.8, 4) is 0 Å². The predicted octanol–water partition coefficient (Wildman–Crippen LogP) is 2.00. The fourth-order valence-corrected chi connectivity index (χ4v) is 2.58. The lowest BCUT2D eigenvalue weighted by Crippen LogP contribution is -2.34. The van der Waals surface area contributed by atoms with E-state index in [0.717, 1.165) is 6.54 Å². The Kier molecular flexibility index (Phi) is 2.42. The van der Waals surface area contributed by atoms with Crippen molar-refractivity contribution in [1.29, 1.82) is 0 Å². The van der Waals surface area contributed by atoms with Gasteiger partial charge in [-0.15, -0.1) is 11.3 Å². The van der Waals surface area contributed by atoms with Crippen LogP contribution in [0.1, 0.15) is 30.7 Å². The van der Waals surface area contributed by atoms with E-state index in [4.69, 9.17) is 0 Å². The van der Waals surface area contributed by atoms with E-state index in [1.54, 1.807) is 11.3 Å². The minimum atomic E-state index is 0.660. The van der Waals surface area contributed by atoms with Gasteiger partial charge in [0, 0.05) is 23.5 Å². The summed E-state index contributed by atoms with van der Waals surface area (Å²) < 4.78 is 0. The number of nitrogens with zero attached hydrogens (tertiary/aromatic N) is 1. The summed E-state index contributed by atoms with van der Waals surface area (Å²) in [5.41, 5.74) is 0. The van der Waals surface area contributed by atoms with Crippen LogP contribution in [0.4, 0.5) is 0 Å². The van der Waals surface area contributed by atoms with Gasteiger partial charge in [0.1, 0.15) is 0 Å². The highest BCUT2D eigenvalue weighted by molar-refractivity contribution is 7.09. The smallest absolute Gasteiger partial charge is 0.0956 e. The van der Waals surface area contributed by atoms with Gasteiger partial charge in [0.15, 0.2) is 0 Å². The van der Waals surface area contributed by atoms with Gasteiger partial charge in [0.2, 0.25) is 0 Å². The van der Waals surface area contributed by atoms with Gasteiger partial charge in [-0.1, -0.05) is 0 Å². The van der Waals surface area contributed by atoms with Crippen molar-refractivity contribution in [1.82, 2.24) is 10.3 Å². The second-order valence-corrected chi connectivity index (χ2v) is 4.37. The van der Waals surface area contributed by atoms with Crippen LogP contribution in [0.3, 0.4) is 0 Å². The van der Waals surface area contributed by atoms with Crippen molar-refractivity contribution in [3.05, 3.63) is 16.6 Å². The van der Waals surface area contributed by atoms with E-state index in [0.29, 0.717) is 12.0 Å².